The number of rotatable bonds is 3. The molecule has 0 radical (unpaired) electrons. The summed E-state index contributed by atoms with van der Waals surface area (Å²) in [5.74, 6) is -1.90. The van der Waals surface area contributed by atoms with Crippen LogP contribution in [0.2, 0.25) is 0 Å². The van der Waals surface area contributed by atoms with Crippen LogP contribution in [0.15, 0.2) is 53.6 Å². The Morgan fingerprint density at radius 2 is 1.91 bits per heavy atom. The first-order chi connectivity index (χ1) is 16.5. The van der Waals surface area contributed by atoms with Crippen molar-refractivity contribution < 1.29 is 22.0 Å². The largest absolute Gasteiger partial charge is 0.356 e. The second kappa shape index (κ2) is 8.05. The van der Waals surface area contributed by atoms with Crippen molar-refractivity contribution in [3.05, 3.63) is 81.9 Å². The fourth-order valence-electron chi connectivity index (χ4n) is 4.40. The highest BCUT2D eigenvalue weighted by molar-refractivity contribution is 7.89. The Kier molecular flexibility index (Phi) is 5.24. The number of aromatic nitrogens is 2. The van der Waals surface area contributed by atoms with E-state index in [-0.39, 0.29) is 23.5 Å². The van der Waals surface area contributed by atoms with Gasteiger partial charge in [-0.2, -0.15) is 0 Å². The van der Waals surface area contributed by atoms with Crippen LogP contribution in [0.3, 0.4) is 0 Å². The summed E-state index contributed by atoms with van der Waals surface area (Å²) in [6, 6.07) is 7.07. The predicted molar refractivity (Wildman–Crippen MR) is 129 cm³/mol. The highest BCUT2D eigenvalue weighted by Crippen LogP contribution is 2.41. The summed E-state index contributed by atoms with van der Waals surface area (Å²) in [4.78, 5) is 30.4. The van der Waals surface area contributed by atoms with Crippen molar-refractivity contribution in [2.75, 3.05) is 16.5 Å². The first-order valence-electron chi connectivity index (χ1n) is 10.6. The molecule has 0 bridgehead atoms. The van der Waals surface area contributed by atoms with Crippen molar-refractivity contribution in [1.29, 1.82) is 0 Å². The number of pyridine rings is 1. The van der Waals surface area contributed by atoms with E-state index in [0.717, 1.165) is 18.4 Å². The van der Waals surface area contributed by atoms with Crippen LogP contribution in [0.5, 0.6) is 0 Å². The molecule has 1 aliphatic rings. The van der Waals surface area contributed by atoms with Crippen LogP contribution < -0.4 is 15.8 Å². The number of nitrogens with zero attached hydrogens (tertiary/aromatic N) is 2. The highest BCUT2D eigenvalue weighted by Gasteiger charge is 2.28. The van der Waals surface area contributed by atoms with Crippen LogP contribution in [-0.2, 0) is 29.2 Å². The van der Waals surface area contributed by atoms with Gasteiger partial charge in [0.1, 0.15) is 17.2 Å². The molecule has 0 aliphatic carbocycles. The monoisotopic (exact) mass is 498 g/mol. The van der Waals surface area contributed by atoms with E-state index in [1.54, 1.807) is 37.6 Å². The predicted octanol–water partition coefficient (Wildman–Crippen LogP) is 3.91. The fraction of sp³-hybridized carbons (Fsp3) is 0.167. The number of anilines is 2. The van der Waals surface area contributed by atoms with Gasteiger partial charge >= 0.3 is 6.03 Å². The zero-order chi connectivity index (χ0) is 25.1. The standard InChI is InChI=1S/C24H20F2N4O4S/c1-29-11-17-16-7-13(12-35(2,33)34)3-6-20(16)30(10-14-9-27-22(21(14)17)23(29)31)24(32)28-19-5-4-15(25)8-18(19)26/h3-9,11,27H,10,12H2,1-2H3,(H,28,32). The molecular formula is C24H20F2N4O4S. The molecule has 180 valence electrons. The normalized spacial score (nSPS) is 13.0. The Morgan fingerprint density at radius 1 is 1.14 bits per heavy atom. The number of halogens is 2. The summed E-state index contributed by atoms with van der Waals surface area (Å²) in [5.41, 5.74) is 2.70. The maximum absolute atomic E-state index is 14.2. The number of hydrogen-bond donors (Lipinski definition) is 2. The van der Waals surface area contributed by atoms with E-state index in [1.165, 1.54) is 9.47 Å². The number of benzene rings is 2. The zero-order valence-electron chi connectivity index (χ0n) is 18.7. The molecule has 0 saturated heterocycles. The first-order valence-corrected chi connectivity index (χ1v) is 12.6. The Bertz CT molecular complexity index is 1690. The maximum Gasteiger partial charge on any atom is 0.326 e. The number of amides is 2. The minimum atomic E-state index is -3.33. The average molecular weight is 499 g/mol. The van der Waals surface area contributed by atoms with Gasteiger partial charge < -0.3 is 14.9 Å². The third kappa shape index (κ3) is 4.08. The number of sulfone groups is 1. The molecule has 3 heterocycles. The Morgan fingerprint density at radius 3 is 2.63 bits per heavy atom. The molecule has 2 aromatic carbocycles. The number of carbonyl (C=O) groups is 1. The molecule has 11 heteroatoms. The van der Waals surface area contributed by atoms with Crippen LogP contribution in [0.4, 0.5) is 25.0 Å². The first kappa shape index (κ1) is 22.8. The van der Waals surface area contributed by atoms with Crippen LogP contribution in [0.1, 0.15) is 11.1 Å². The zero-order valence-corrected chi connectivity index (χ0v) is 19.5. The third-order valence-electron chi connectivity index (χ3n) is 5.91. The van der Waals surface area contributed by atoms with Gasteiger partial charge in [0, 0.05) is 48.3 Å². The van der Waals surface area contributed by atoms with Crippen molar-refractivity contribution in [1.82, 2.24) is 9.55 Å². The molecule has 0 saturated carbocycles. The van der Waals surface area contributed by atoms with E-state index in [2.05, 4.69) is 10.3 Å². The van der Waals surface area contributed by atoms with Crippen molar-refractivity contribution >= 4 is 38.1 Å². The second-order valence-corrected chi connectivity index (χ2v) is 10.7. The van der Waals surface area contributed by atoms with Gasteiger partial charge in [-0.1, -0.05) is 6.07 Å². The summed E-state index contributed by atoms with van der Waals surface area (Å²) >= 11 is 0. The lowest BCUT2D eigenvalue weighted by Crippen LogP contribution is -2.34. The van der Waals surface area contributed by atoms with Crippen molar-refractivity contribution in [2.24, 2.45) is 7.05 Å². The summed E-state index contributed by atoms with van der Waals surface area (Å²) in [6.07, 6.45) is 4.41. The minimum Gasteiger partial charge on any atom is -0.356 e. The number of aryl methyl sites for hydroxylation is 1. The Labute approximate surface area is 198 Å². The lowest BCUT2D eigenvalue weighted by atomic mass is 9.99. The van der Waals surface area contributed by atoms with Crippen LogP contribution in [-0.4, -0.2) is 30.3 Å². The van der Waals surface area contributed by atoms with E-state index in [4.69, 9.17) is 0 Å². The van der Waals surface area contributed by atoms with E-state index in [0.29, 0.717) is 44.9 Å². The molecule has 0 spiro atoms. The molecular weight excluding hydrogens is 478 g/mol. The van der Waals surface area contributed by atoms with Gasteiger partial charge in [-0.25, -0.2) is 22.0 Å². The number of carbonyl (C=O) groups excluding carboxylic acids is 1. The smallest absolute Gasteiger partial charge is 0.326 e. The molecule has 4 aromatic rings. The third-order valence-corrected chi connectivity index (χ3v) is 6.76. The number of H-pyrrole nitrogens is 1. The molecule has 8 nitrogen and oxygen atoms in total. The lowest BCUT2D eigenvalue weighted by molar-refractivity contribution is 0.256. The van der Waals surface area contributed by atoms with E-state index in [9.17, 15) is 26.8 Å². The van der Waals surface area contributed by atoms with Gasteiger partial charge in [0.15, 0.2) is 9.84 Å². The maximum atomic E-state index is 14.2. The number of fused-ring (bicyclic) bond motifs is 2. The number of nitrogens with one attached hydrogen (secondary N) is 2. The molecule has 0 fully saturated rings. The molecule has 5 rings (SSSR count). The summed E-state index contributed by atoms with van der Waals surface area (Å²) in [7, 11) is -1.73. The lowest BCUT2D eigenvalue weighted by Gasteiger charge is -2.24. The van der Waals surface area contributed by atoms with Crippen molar-refractivity contribution in [3.8, 4) is 11.1 Å². The summed E-state index contributed by atoms with van der Waals surface area (Å²) in [6.45, 7) is 0.0488. The van der Waals surface area contributed by atoms with Crippen LogP contribution in [0.25, 0.3) is 22.0 Å². The van der Waals surface area contributed by atoms with Crippen LogP contribution in [0, 0.1) is 11.6 Å². The number of urea groups is 1. The number of aromatic amines is 1. The van der Waals surface area contributed by atoms with E-state index >= 15 is 0 Å². The average Bonchev–Trinajstić information content (AvgIpc) is 3.14. The van der Waals surface area contributed by atoms with Crippen molar-refractivity contribution in [3.63, 3.8) is 0 Å². The fourth-order valence-corrected chi connectivity index (χ4v) is 5.18. The molecule has 0 atom stereocenters. The van der Waals surface area contributed by atoms with Gasteiger partial charge in [-0.05, 0) is 35.4 Å². The SMILES string of the molecule is Cn1cc2c3c(c[nH]c3c1=O)CN(C(=O)Nc1ccc(F)cc1F)c1ccc(CS(C)(=O)=O)cc1-2. The van der Waals surface area contributed by atoms with Crippen LogP contribution >= 0.6 is 0 Å². The van der Waals surface area contributed by atoms with Crippen molar-refractivity contribution in [2.45, 2.75) is 12.3 Å². The summed E-state index contributed by atoms with van der Waals surface area (Å²) < 4.78 is 52.8. The van der Waals surface area contributed by atoms with E-state index in [1.807, 2.05) is 0 Å². The highest BCUT2D eigenvalue weighted by atomic mass is 32.2. The van der Waals surface area contributed by atoms with Gasteiger partial charge in [0.05, 0.1) is 23.7 Å². The number of hydrogen-bond acceptors (Lipinski definition) is 4. The molecule has 2 amide bonds. The van der Waals surface area contributed by atoms with Gasteiger partial charge in [0.25, 0.3) is 5.56 Å². The van der Waals surface area contributed by atoms with Gasteiger partial charge in [0.2, 0.25) is 0 Å². The van der Waals surface area contributed by atoms with Gasteiger partial charge in [-0.3, -0.25) is 9.69 Å². The molecule has 2 N–H and O–H groups in total. The topological polar surface area (TPSA) is 104 Å². The second-order valence-electron chi connectivity index (χ2n) is 8.58. The minimum absolute atomic E-state index is 0.0488. The molecule has 1 aliphatic heterocycles. The molecule has 0 unspecified atom stereocenters. The van der Waals surface area contributed by atoms with Gasteiger partial charge in [-0.15, -0.1) is 0 Å². The Hall–Kier alpha value is -3.99. The molecule has 35 heavy (non-hydrogen) atoms. The Balaban J connectivity index is 1.69. The van der Waals surface area contributed by atoms with E-state index < -0.39 is 27.5 Å². The quantitative estimate of drug-likeness (QED) is 0.447. The summed E-state index contributed by atoms with van der Waals surface area (Å²) in [5, 5.41) is 3.09. The molecule has 2 aromatic heterocycles.